The lowest BCUT2D eigenvalue weighted by Gasteiger charge is -2.10. The molecular formula is C14H21N4O3+. The van der Waals surface area contributed by atoms with Gasteiger partial charge in [-0.05, 0) is 24.3 Å². The molecule has 0 aliphatic heterocycles. The number of nitrogens with two attached hydrogens (primary N) is 1. The molecule has 7 heteroatoms. The average Bonchev–Trinajstić information content (AvgIpc) is 2.46. The Labute approximate surface area is 123 Å². The monoisotopic (exact) mass is 293 g/mol. The molecule has 0 saturated carbocycles. The van der Waals surface area contributed by atoms with Crippen LogP contribution in [-0.4, -0.2) is 56.9 Å². The maximum absolute atomic E-state index is 11.7. The number of likely N-dealkylation sites (N-methyl/N-ethyl adjacent to an activating group) is 1. The van der Waals surface area contributed by atoms with Crippen molar-refractivity contribution >= 4 is 23.4 Å². The predicted molar refractivity (Wildman–Crippen MR) is 78.8 cm³/mol. The Balaban J connectivity index is 2.46. The number of quaternary nitrogens is 1. The third-order valence-corrected chi connectivity index (χ3v) is 2.76. The number of carbonyl (C=O) groups is 3. The molecule has 4 N–H and O–H groups in total. The standard InChI is InChI=1S/C14H20N4O3/c1-15-12(19)8-16-9-13(20)17-11-6-4-10(5-7-11)14(21)18(2)3/h4-7,16H,8-9H2,1-3H3,(H,15,19)(H,17,20)/p+1. The minimum atomic E-state index is -0.203. The van der Waals surface area contributed by atoms with E-state index in [4.69, 9.17) is 0 Å². The molecule has 1 aromatic carbocycles. The minimum absolute atomic E-state index is 0.0909. The van der Waals surface area contributed by atoms with Crippen molar-refractivity contribution in [2.24, 2.45) is 0 Å². The molecule has 0 aliphatic rings. The zero-order valence-corrected chi connectivity index (χ0v) is 12.5. The number of rotatable bonds is 6. The molecule has 0 radical (unpaired) electrons. The zero-order valence-electron chi connectivity index (χ0n) is 12.5. The molecule has 0 bridgehead atoms. The van der Waals surface area contributed by atoms with Crippen molar-refractivity contribution in [1.29, 1.82) is 0 Å². The molecule has 114 valence electrons. The largest absolute Gasteiger partial charge is 0.354 e. The van der Waals surface area contributed by atoms with E-state index in [1.165, 1.54) is 4.90 Å². The first-order chi connectivity index (χ1) is 9.93. The second-order valence-corrected chi connectivity index (χ2v) is 4.70. The number of carbonyl (C=O) groups excluding carboxylic acids is 3. The highest BCUT2D eigenvalue weighted by molar-refractivity contribution is 5.95. The smallest absolute Gasteiger partial charge is 0.279 e. The van der Waals surface area contributed by atoms with E-state index in [0.717, 1.165) is 0 Å². The Morgan fingerprint density at radius 1 is 1.05 bits per heavy atom. The highest BCUT2D eigenvalue weighted by Gasteiger charge is 2.09. The molecule has 1 aromatic rings. The van der Waals surface area contributed by atoms with E-state index in [0.29, 0.717) is 11.3 Å². The molecular weight excluding hydrogens is 272 g/mol. The van der Waals surface area contributed by atoms with E-state index in [9.17, 15) is 14.4 Å². The molecule has 3 amide bonds. The molecule has 0 unspecified atom stereocenters. The first-order valence-corrected chi connectivity index (χ1v) is 6.58. The molecule has 1 rings (SSSR count). The van der Waals surface area contributed by atoms with Crippen molar-refractivity contribution in [1.82, 2.24) is 10.2 Å². The third-order valence-electron chi connectivity index (χ3n) is 2.76. The quantitative estimate of drug-likeness (QED) is 0.604. The first kappa shape index (κ1) is 16.6. The summed E-state index contributed by atoms with van der Waals surface area (Å²) in [6.07, 6.45) is 0. The van der Waals surface area contributed by atoms with Crippen LogP contribution in [-0.2, 0) is 9.59 Å². The van der Waals surface area contributed by atoms with E-state index in [1.54, 1.807) is 50.7 Å². The van der Waals surface area contributed by atoms with Crippen molar-refractivity contribution in [3.8, 4) is 0 Å². The Kier molecular flexibility index (Phi) is 6.35. The second-order valence-electron chi connectivity index (χ2n) is 4.70. The second kappa shape index (κ2) is 8.01. The maximum atomic E-state index is 11.7. The van der Waals surface area contributed by atoms with E-state index in [2.05, 4.69) is 10.6 Å². The van der Waals surface area contributed by atoms with Gasteiger partial charge in [0.05, 0.1) is 0 Å². The van der Waals surface area contributed by atoms with Crippen LogP contribution in [0.15, 0.2) is 24.3 Å². The van der Waals surface area contributed by atoms with Crippen molar-refractivity contribution < 1.29 is 19.7 Å². The molecule has 0 aromatic heterocycles. The number of nitrogens with zero attached hydrogens (tertiary/aromatic N) is 1. The number of nitrogens with one attached hydrogen (secondary N) is 2. The van der Waals surface area contributed by atoms with Gasteiger partial charge in [0.2, 0.25) is 0 Å². The van der Waals surface area contributed by atoms with Gasteiger partial charge in [0.15, 0.2) is 13.1 Å². The number of hydrogen-bond acceptors (Lipinski definition) is 3. The van der Waals surface area contributed by atoms with Crippen LogP contribution in [0.25, 0.3) is 0 Å². The number of hydrogen-bond donors (Lipinski definition) is 3. The van der Waals surface area contributed by atoms with Crippen LogP contribution in [0.4, 0.5) is 5.69 Å². The highest BCUT2D eigenvalue weighted by Crippen LogP contribution is 2.10. The Morgan fingerprint density at radius 2 is 1.62 bits per heavy atom. The summed E-state index contributed by atoms with van der Waals surface area (Å²) in [5, 5.41) is 6.79. The lowest BCUT2D eigenvalue weighted by atomic mass is 10.2. The van der Waals surface area contributed by atoms with Gasteiger partial charge in [-0.3, -0.25) is 14.4 Å². The van der Waals surface area contributed by atoms with E-state index in [-0.39, 0.29) is 30.8 Å². The van der Waals surface area contributed by atoms with Gasteiger partial charge in [-0.15, -0.1) is 0 Å². The fourth-order valence-electron chi connectivity index (χ4n) is 1.60. The van der Waals surface area contributed by atoms with Crippen molar-refractivity contribution in [2.45, 2.75) is 0 Å². The van der Waals surface area contributed by atoms with Crippen LogP contribution in [0, 0.1) is 0 Å². The number of amides is 3. The summed E-state index contributed by atoms with van der Waals surface area (Å²) in [5.74, 6) is -0.424. The Morgan fingerprint density at radius 3 is 2.14 bits per heavy atom. The van der Waals surface area contributed by atoms with Crippen molar-refractivity contribution in [2.75, 3.05) is 39.5 Å². The third kappa shape index (κ3) is 5.62. The van der Waals surface area contributed by atoms with Gasteiger partial charge in [-0.25, -0.2) is 0 Å². The minimum Gasteiger partial charge on any atom is -0.354 e. The molecule has 7 nitrogen and oxygen atoms in total. The molecule has 0 aliphatic carbocycles. The van der Waals surface area contributed by atoms with Gasteiger partial charge in [0, 0.05) is 32.4 Å². The van der Waals surface area contributed by atoms with Crippen LogP contribution in [0.1, 0.15) is 10.4 Å². The predicted octanol–water partition coefficient (Wildman–Crippen LogP) is -1.36. The van der Waals surface area contributed by atoms with Gasteiger partial charge < -0.3 is 20.9 Å². The summed E-state index contributed by atoms with van der Waals surface area (Å²) >= 11 is 0. The van der Waals surface area contributed by atoms with Crippen molar-refractivity contribution in [3.05, 3.63) is 29.8 Å². The molecule has 21 heavy (non-hydrogen) atoms. The molecule has 0 heterocycles. The normalized spacial score (nSPS) is 9.86. The summed E-state index contributed by atoms with van der Waals surface area (Å²) in [6.45, 7) is 0.367. The maximum Gasteiger partial charge on any atom is 0.279 e. The summed E-state index contributed by atoms with van der Waals surface area (Å²) < 4.78 is 0. The van der Waals surface area contributed by atoms with Gasteiger partial charge in [0.1, 0.15) is 0 Å². The Hall–Kier alpha value is -2.41. The van der Waals surface area contributed by atoms with Crippen LogP contribution in [0.2, 0.25) is 0 Å². The van der Waals surface area contributed by atoms with Crippen LogP contribution in [0.5, 0.6) is 0 Å². The number of anilines is 1. The molecule has 0 spiro atoms. The van der Waals surface area contributed by atoms with E-state index < -0.39 is 0 Å². The van der Waals surface area contributed by atoms with E-state index >= 15 is 0 Å². The fourth-order valence-corrected chi connectivity index (χ4v) is 1.60. The topological polar surface area (TPSA) is 95.1 Å². The molecule has 0 fully saturated rings. The van der Waals surface area contributed by atoms with Gasteiger partial charge >= 0.3 is 0 Å². The van der Waals surface area contributed by atoms with Gasteiger partial charge in [-0.1, -0.05) is 0 Å². The SMILES string of the molecule is CNC(=O)C[NH2+]CC(=O)Nc1ccc(C(=O)N(C)C)cc1. The van der Waals surface area contributed by atoms with Crippen molar-refractivity contribution in [3.63, 3.8) is 0 Å². The summed E-state index contributed by atoms with van der Waals surface area (Å²) in [7, 11) is 4.91. The summed E-state index contributed by atoms with van der Waals surface area (Å²) in [5.41, 5.74) is 1.17. The summed E-state index contributed by atoms with van der Waals surface area (Å²) in [4.78, 5) is 35.9. The van der Waals surface area contributed by atoms with Gasteiger partial charge in [-0.2, -0.15) is 0 Å². The Bertz CT molecular complexity index is 511. The fraction of sp³-hybridized carbons (Fsp3) is 0.357. The lowest BCUT2D eigenvalue weighted by molar-refractivity contribution is -0.632. The zero-order chi connectivity index (χ0) is 15.8. The van der Waals surface area contributed by atoms with Crippen LogP contribution >= 0.6 is 0 Å². The number of benzene rings is 1. The molecule has 0 atom stereocenters. The van der Waals surface area contributed by atoms with Gasteiger partial charge in [0.25, 0.3) is 17.7 Å². The lowest BCUT2D eigenvalue weighted by Crippen LogP contribution is -2.88. The summed E-state index contributed by atoms with van der Waals surface area (Å²) in [6, 6.07) is 6.67. The van der Waals surface area contributed by atoms with E-state index in [1.807, 2.05) is 0 Å². The highest BCUT2D eigenvalue weighted by atomic mass is 16.2. The molecule has 0 saturated heterocycles. The van der Waals surface area contributed by atoms with Crippen LogP contribution in [0.3, 0.4) is 0 Å². The first-order valence-electron chi connectivity index (χ1n) is 6.58. The average molecular weight is 293 g/mol. The van der Waals surface area contributed by atoms with Crippen LogP contribution < -0.4 is 16.0 Å².